The first-order valence-electron chi connectivity index (χ1n) is 14.9. The molecule has 2 aromatic heterocycles. The number of halogens is 1. The van der Waals surface area contributed by atoms with E-state index in [-0.39, 0.29) is 34.5 Å². The van der Waals surface area contributed by atoms with Gasteiger partial charge in [0.05, 0.1) is 40.9 Å². The first-order chi connectivity index (χ1) is 21.2. The molecule has 224 valence electrons. The van der Waals surface area contributed by atoms with Crippen molar-refractivity contribution < 1.29 is 18.7 Å². The highest BCUT2D eigenvalue weighted by Crippen LogP contribution is 2.37. The first kappa shape index (κ1) is 27.7. The first-order valence-corrected chi connectivity index (χ1v) is 14.9. The van der Waals surface area contributed by atoms with Crippen LogP contribution in [0.1, 0.15) is 59.3 Å². The van der Waals surface area contributed by atoms with Crippen LogP contribution in [0.5, 0.6) is 11.5 Å². The van der Waals surface area contributed by atoms with Crippen LogP contribution < -0.4 is 20.7 Å². The van der Waals surface area contributed by atoms with Crippen molar-refractivity contribution in [1.82, 2.24) is 20.1 Å². The van der Waals surface area contributed by atoms with Gasteiger partial charge in [-0.2, -0.15) is 5.10 Å². The molecule has 0 unspecified atom stereocenters. The van der Waals surface area contributed by atoms with Gasteiger partial charge in [0, 0.05) is 10.9 Å². The van der Waals surface area contributed by atoms with Crippen molar-refractivity contribution in [2.75, 3.05) is 17.2 Å². The van der Waals surface area contributed by atoms with E-state index in [1.54, 1.807) is 36.4 Å². The van der Waals surface area contributed by atoms with Crippen LogP contribution in [-0.4, -0.2) is 38.7 Å². The monoisotopic (exact) mass is 592 g/mol. The molecule has 1 aliphatic heterocycles. The zero-order chi connectivity index (χ0) is 30.6. The van der Waals surface area contributed by atoms with Crippen LogP contribution in [0.4, 0.5) is 20.7 Å². The second kappa shape index (κ2) is 10.6. The molecule has 44 heavy (non-hydrogen) atoms. The number of hydrogen-bond donors (Lipinski definition) is 3. The Bertz CT molecular complexity index is 1940. The molecule has 10 heteroatoms. The highest BCUT2D eigenvalue weighted by molar-refractivity contribution is 6.13. The largest absolute Gasteiger partial charge is 0.454 e. The molecule has 0 atom stereocenters. The Labute approximate surface area is 253 Å². The van der Waals surface area contributed by atoms with Crippen LogP contribution in [0.3, 0.4) is 0 Å². The van der Waals surface area contributed by atoms with Crippen molar-refractivity contribution in [3.05, 3.63) is 95.1 Å². The van der Waals surface area contributed by atoms with Crippen molar-refractivity contribution in [1.29, 1.82) is 0 Å². The molecule has 2 amide bonds. The number of hydrogen-bond acceptors (Lipinski definition) is 5. The van der Waals surface area contributed by atoms with Gasteiger partial charge in [0.1, 0.15) is 11.6 Å². The quantitative estimate of drug-likeness (QED) is 0.185. The van der Waals surface area contributed by atoms with Gasteiger partial charge < -0.3 is 20.8 Å². The average molecular weight is 593 g/mol. The van der Waals surface area contributed by atoms with Gasteiger partial charge in [-0.25, -0.2) is 13.9 Å². The summed E-state index contributed by atoms with van der Waals surface area (Å²) < 4.78 is 21.3. The topological polar surface area (TPSA) is 118 Å². The molecule has 5 aromatic rings. The fourth-order valence-electron chi connectivity index (χ4n) is 6.52. The van der Waals surface area contributed by atoms with Crippen LogP contribution in [-0.2, 0) is 0 Å². The van der Waals surface area contributed by atoms with E-state index >= 15 is 0 Å². The number of aromatic nitrogens is 3. The van der Waals surface area contributed by atoms with Gasteiger partial charge >= 0.3 is 6.03 Å². The number of carbonyl (C=O) groups excluding carboxylic acids is 2. The van der Waals surface area contributed by atoms with E-state index in [1.165, 1.54) is 23.4 Å². The molecule has 3 aromatic carbocycles. The number of ketones is 1. The number of nitrogens with zero attached hydrogens (tertiary/aromatic N) is 3. The van der Waals surface area contributed by atoms with Crippen molar-refractivity contribution in [3.8, 4) is 17.2 Å². The standard InChI is InChI=1S/C34H33FN6O3/c1-20-14-22-16-27(38-26(22)17-28(20)40-19-34(39-33(40)43)12-6-3-7-13-34)31(42)24-18-37-41(32(24)36)23-10-11-29(21(2)15-23)44-30-9-5-4-8-25(30)35/h4-5,8-11,14-18,38H,3,6-7,12-13,19,36H2,1-2H3,(H,39,43). The zero-order valence-electron chi connectivity index (χ0n) is 24.6. The number of amides is 2. The summed E-state index contributed by atoms with van der Waals surface area (Å²) in [5.74, 6) is 0.0779. The lowest BCUT2D eigenvalue weighted by Crippen LogP contribution is -2.44. The van der Waals surface area contributed by atoms with E-state index < -0.39 is 5.82 Å². The summed E-state index contributed by atoms with van der Waals surface area (Å²) in [4.78, 5) is 31.7. The van der Waals surface area contributed by atoms with Gasteiger partial charge in [0.15, 0.2) is 11.6 Å². The molecule has 0 radical (unpaired) electrons. The number of para-hydroxylation sites is 1. The number of anilines is 2. The number of nitrogens with one attached hydrogen (secondary N) is 2. The Hall–Kier alpha value is -5.12. The summed E-state index contributed by atoms with van der Waals surface area (Å²) >= 11 is 0. The third kappa shape index (κ3) is 4.76. The van der Waals surface area contributed by atoms with E-state index in [9.17, 15) is 14.0 Å². The number of nitrogen functional groups attached to an aromatic ring is 1. The van der Waals surface area contributed by atoms with Crippen molar-refractivity contribution in [2.45, 2.75) is 51.5 Å². The summed E-state index contributed by atoms with van der Waals surface area (Å²) in [6, 6.07) is 17.2. The highest BCUT2D eigenvalue weighted by Gasteiger charge is 2.43. The number of benzene rings is 3. The molecular formula is C34H33FN6O3. The fourth-order valence-corrected chi connectivity index (χ4v) is 6.52. The second-order valence-electron chi connectivity index (χ2n) is 11.9. The predicted octanol–water partition coefficient (Wildman–Crippen LogP) is 6.95. The van der Waals surface area contributed by atoms with Gasteiger partial charge in [0.2, 0.25) is 5.78 Å². The number of H-pyrrole nitrogens is 1. The molecule has 2 aliphatic rings. The van der Waals surface area contributed by atoms with Gasteiger partial charge in [0.25, 0.3) is 0 Å². The highest BCUT2D eigenvalue weighted by atomic mass is 19.1. The lowest BCUT2D eigenvalue weighted by Gasteiger charge is -2.32. The number of nitrogens with two attached hydrogens (primary N) is 1. The van der Waals surface area contributed by atoms with Gasteiger partial charge in [-0.3, -0.25) is 9.69 Å². The van der Waals surface area contributed by atoms with Crippen LogP contribution in [0.15, 0.2) is 66.9 Å². The van der Waals surface area contributed by atoms with Crippen LogP contribution in [0, 0.1) is 19.7 Å². The third-order valence-electron chi connectivity index (χ3n) is 8.87. The molecule has 1 saturated carbocycles. The summed E-state index contributed by atoms with van der Waals surface area (Å²) in [6.07, 6.45) is 6.92. The number of aromatic amines is 1. The van der Waals surface area contributed by atoms with Crippen LogP contribution in [0.2, 0.25) is 0 Å². The Kier molecular flexibility index (Phi) is 6.64. The molecule has 2 fully saturated rings. The van der Waals surface area contributed by atoms with Gasteiger partial charge in [-0.1, -0.05) is 31.4 Å². The maximum absolute atomic E-state index is 14.1. The van der Waals surface area contributed by atoms with E-state index in [2.05, 4.69) is 15.4 Å². The summed E-state index contributed by atoms with van der Waals surface area (Å²) in [5, 5.41) is 8.52. The van der Waals surface area contributed by atoms with Crippen LogP contribution >= 0.6 is 0 Å². The molecular weight excluding hydrogens is 559 g/mol. The molecule has 9 nitrogen and oxygen atoms in total. The number of carbonyl (C=O) groups is 2. The fraction of sp³-hybridized carbons (Fsp3) is 0.265. The molecule has 1 aliphatic carbocycles. The third-order valence-corrected chi connectivity index (χ3v) is 8.87. The number of aryl methyl sites for hydroxylation is 2. The van der Waals surface area contributed by atoms with Gasteiger partial charge in [-0.05, 0) is 86.3 Å². The maximum atomic E-state index is 14.1. The summed E-state index contributed by atoms with van der Waals surface area (Å²) in [6.45, 7) is 4.47. The average Bonchev–Trinajstić information content (AvgIpc) is 3.69. The van der Waals surface area contributed by atoms with Crippen molar-refractivity contribution in [2.24, 2.45) is 0 Å². The lowest BCUT2D eigenvalue weighted by atomic mass is 9.82. The molecule has 1 spiro atoms. The summed E-state index contributed by atoms with van der Waals surface area (Å²) in [7, 11) is 0. The zero-order valence-corrected chi connectivity index (χ0v) is 24.6. The second-order valence-corrected chi connectivity index (χ2v) is 11.9. The number of rotatable bonds is 6. The minimum Gasteiger partial charge on any atom is -0.454 e. The number of fused-ring (bicyclic) bond motifs is 1. The maximum Gasteiger partial charge on any atom is 0.322 e. The van der Waals surface area contributed by atoms with Crippen molar-refractivity contribution in [3.63, 3.8) is 0 Å². The van der Waals surface area contributed by atoms with E-state index in [0.29, 0.717) is 23.7 Å². The minimum atomic E-state index is -0.451. The van der Waals surface area contributed by atoms with Crippen LogP contribution in [0.25, 0.3) is 16.6 Å². The van der Waals surface area contributed by atoms with E-state index in [0.717, 1.165) is 53.4 Å². The molecule has 7 rings (SSSR count). The van der Waals surface area contributed by atoms with E-state index in [4.69, 9.17) is 10.5 Å². The van der Waals surface area contributed by atoms with E-state index in [1.807, 2.05) is 36.9 Å². The normalized spacial score (nSPS) is 16.1. The molecule has 3 heterocycles. The Balaban J connectivity index is 1.14. The lowest BCUT2D eigenvalue weighted by molar-refractivity contribution is 0.103. The molecule has 4 N–H and O–H groups in total. The SMILES string of the molecule is Cc1cc(-n2ncc(C(=O)c3cc4cc(C)c(N5CC6(CCCCC6)NC5=O)cc4[nH]3)c2N)ccc1Oc1ccccc1F. The predicted molar refractivity (Wildman–Crippen MR) is 167 cm³/mol. The Morgan fingerprint density at radius 1 is 1.00 bits per heavy atom. The Morgan fingerprint density at radius 2 is 1.80 bits per heavy atom. The minimum absolute atomic E-state index is 0.0699. The Morgan fingerprint density at radius 3 is 2.57 bits per heavy atom. The number of ether oxygens (including phenoxy) is 1. The summed E-state index contributed by atoms with van der Waals surface area (Å²) in [5.41, 5.74) is 10.9. The molecule has 0 bridgehead atoms. The smallest absolute Gasteiger partial charge is 0.322 e. The van der Waals surface area contributed by atoms with Gasteiger partial charge in [-0.15, -0.1) is 0 Å². The number of urea groups is 1. The van der Waals surface area contributed by atoms with Crippen molar-refractivity contribution >= 4 is 34.2 Å². The molecule has 1 saturated heterocycles.